The Balaban J connectivity index is 2.24. The molecule has 0 atom stereocenters. The van der Waals surface area contributed by atoms with Crippen LogP contribution in [0.5, 0.6) is 11.5 Å². The molecule has 4 heteroatoms. The number of carbonyl (C=O) groups excluding carboxylic acids is 1. The average Bonchev–Trinajstić information content (AvgIpc) is 2.40. The van der Waals surface area contributed by atoms with Crippen molar-refractivity contribution >= 4 is 5.97 Å². The second-order valence-corrected chi connectivity index (χ2v) is 4.24. The van der Waals surface area contributed by atoms with E-state index in [-0.39, 0.29) is 5.97 Å². The van der Waals surface area contributed by atoms with Gasteiger partial charge in [0.1, 0.15) is 11.5 Å². The fourth-order valence-electron chi connectivity index (χ4n) is 1.68. The smallest absolute Gasteiger partial charge is 0.305 e. The second-order valence-electron chi connectivity index (χ2n) is 4.24. The number of ether oxygens (including phenoxy) is 3. The summed E-state index contributed by atoms with van der Waals surface area (Å²) in [6, 6.07) is 5.76. The zero-order valence-electron chi connectivity index (χ0n) is 11.9. The van der Waals surface area contributed by atoms with Crippen LogP contribution in [0.2, 0.25) is 0 Å². The number of benzene rings is 1. The lowest BCUT2D eigenvalue weighted by Gasteiger charge is -2.09. The summed E-state index contributed by atoms with van der Waals surface area (Å²) >= 11 is 0. The summed E-state index contributed by atoms with van der Waals surface area (Å²) in [6.07, 6.45) is 2.06. The number of aryl methyl sites for hydroxylation is 1. The van der Waals surface area contributed by atoms with Gasteiger partial charge in [0.2, 0.25) is 0 Å². The minimum absolute atomic E-state index is 0.139. The molecule has 0 aromatic heterocycles. The van der Waals surface area contributed by atoms with Crippen LogP contribution in [0.25, 0.3) is 0 Å². The van der Waals surface area contributed by atoms with Crippen molar-refractivity contribution in [2.45, 2.75) is 33.1 Å². The highest BCUT2D eigenvalue weighted by atomic mass is 16.5. The standard InChI is InChI=1S/C15H22O4/c1-4-18-15(16)7-5-6-10-19-13-9-8-12(2)14(11-13)17-3/h8-9,11H,4-7,10H2,1-3H3. The number of esters is 1. The van der Waals surface area contributed by atoms with E-state index < -0.39 is 0 Å². The van der Waals surface area contributed by atoms with E-state index in [0.717, 1.165) is 29.9 Å². The molecule has 0 aliphatic carbocycles. The molecule has 0 saturated heterocycles. The third kappa shape index (κ3) is 5.64. The summed E-state index contributed by atoms with van der Waals surface area (Å²) < 4.78 is 15.7. The van der Waals surface area contributed by atoms with E-state index in [2.05, 4.69) is 0 Å². The Morgan fingerprint density at radius 1 is 1.26 bits per heavy atom. The number of unbranched alkanes of at least 4 members (excludes halogenated alkanes) is 1. The molecule has 0 aliphatic heterocycles. The molecule has 19 heavy (non-hydrogen) atoms. The van der Waals surface area contributed by atoms with E-state index in [4.69, 9.17) is 14.2 Å². The van der Waals surface area contributed by atoms with Crippen molar-refractivity contribution in [3.05, 3.63) is 23.8 Å². The summed E-state index contributed by atoms with van der Waals surface area (Å²) in [6.45, 7) is 4.83. The Morgan fingerprint density at radius 2 is 2.05 bits per heavy atom. The van der Waals surface area contributed by atoms with Crippen LogP contribution in [-0.2, 0) is 9.53 Å². The van der Waals surface area contributed by atoms with Crippen molar-refractivity contribution in [3.8, 4) is 11.5 Å². The first-order chi connectivity index (χ1) is 9.17. The predicted molar refractivity (Wildman–Crippen MR) is 73.7 cm³/mol. The summed E-state index contributed by atoms with van der Waals surface area (Å²) in [5, 5.41) is 0. The number of hydrogen-bond donors (Lipinski definition) is 0. The molecule has 0 amide bonds. The predicted octanol–water partition coefficient (Wildman–Crippen LogP) is 3.12. The van der Waals surface area contributed by atoms with Crippen LogP contribution < -0.4 is 9.47 Å². The van der Waals surface area contributed by atoms with Crippen LogP contribution >= 0.6 is 0 Å². The number of methoxy groups -OCH3 is 1. The maximum atomic E-state index is 11.1. The van der Waals surface area contributed by atoms with Crippen molar-refractivity contribution in [2.24, 2.45) is 0 Å². The molecule has 0 heterocycles. The lowest BCUT2D eigenvalue weighted by molar-refractivity contribution is -0.143. The number of rotatable bonds is 8. The van der Waals surface area contributed by atoms with Crippen molar-refractivity contribution in [3.63, 3.8) is 0 Å². The largest absolute Gasteiger partial charge is 0.496 e. The summed E-state index contributed by atoms with van der Waals surface area (Å²) in [5.41, 5.74) is 1.08. The van der Waals surface area contributed by atoms with Gasteiger partial charge in [0, 0.05) is 12.5 Å². The molecule has 0 bridgehead atoms. The highest BCUT2D eigenvalue weighted by molar-refractivity contribution is 5.69. The molecule has 0 radical (unpaired) electrons. The average molecular weight is 266 g/mol. The molecule has 1 rings (SSSR count). The molecule has 0 unspecified atom stereocenters. The second kappa shape index (κ2) is 8.40. The minimum atomic E-state index is -0.139. The first-order valence-electron chi connectivity index (χ1n) is 6.60. The monoisotopic (exact) mass is 266 g/mol. The molecule has 1 aromatic rings. The van der Waals surface area contributed by atoms with Crippen molar-refractivity contribution in [2.75, 3.05) is 20.3 Å². The lowest BCUT2D eigenvalue weighted by Crippen LogP contribution is -2.05. The van der Waals surface area contributed by atoms with Crippen LogP contribution in [0, 0.1) is 6.92 Å². The number of carbonyl (C=O) groups is 1. The molecule has 1 aromatic carbocycles. The maximum Gasteiger partial charge on any atom is 0.305 e. The third-order valence-corrected chi connectivity index (χ3v) is 2.73. The van der Waals surface area contributed by atoms with Gasteiger partial charge in [-0.25, -0.2) is 0 Å². The van der Waals surface area contributed by atoms with E-state index in [1.165, 1.54) is 0 Å². The SMILES string of the molecule is CCOC(=O)CCCCOc1ccc(C)c(OC)c1. The van der Waals surface area contributed by atoms with Gasteiger partial charge in [0.15, 0.2) is 0 Å². The molecule has 0 N–H and O–H groups in total. The van der Waals surface area contributed by atoms with Crippen molar-refractivity contribution < 1.29 is 19.0 Å². The van der Waals surface area contributed by atoms with Gasteiger partial charge in [-0.3, -0.25) is 4.79 Å². The molecular formula is C15H22O4. The Morgan fingerprint density at radius 3 is 2.74 bits per heavy atom. The Hall–Kier alpha value is -1.71. The van der Waals surface area contributed by atoms with Crippen LogP contribution in [0.1, 0.15) is 31.7 Å². The van der Waals surface area contributed by atoms with Gasteiger partial charge < -0.3 is 14.2 Å². The summed E-state index contributed by atoms with van der Waals surface area (Å²) in [4.78, 5) is 11.1. The van der Waals surface area contributed by atoms with Crippen molar-refractivity contribution in [1.82, 2.24) is 0 Å². The molecule has 106 valence electrons. The lowest BCUT2D eigenvalue weighted by atomic mass is 10.2. The highest BCUT2D eigenvalue weighted by Gasteiger charge is 2.03. The van der Waals surface area contributed by atoms with E-state index in [0.29, 0.717) is 19.6 Å². The molecule has 0 spiro atoms. The Kier molecular flexibility index (Phi) is 6.79. The van der Waals surface area contributed by atoms with Gasteiger partial charge in [-0.15, -0.1) is 0 Å². The topological polar surface area (TPSA) is 44.8 Å². The normalized spacial score (nSPS) is 10.1. The fraction of sp³-hybridized carbons (Fsp3) is 0.533. The molecule has 0 fully saturated rings. The first-order valence-corrected chi connectivity index (χ1v) is 6.60. The van der Waals surface area contributed by atoms with Gasteiger partial charge in [0.05, 0.1) is 20.3 Å². The van der Waals surface area contributed by atoms with Crippen LogP contribution in [0.15, 0.2) is 18.2 Å². The maximum absolute atomic E-state index is 11.1. The zero-order valence-corrected chi connectivity index (χ0v) is 11.9. The minimum Gasteiger partial charge on any atom is -0.496 e. The van der Waals surface area contributed by atoms with E-state index in [1.54, 1.807) is 7.11 Å². The van der Waals surface area contributed by atoms with Gasteiger partial charge in [0.25, 0.3) is 0 Å². The van der Waals surface area contributed by atoms with Crippen LogP contribution in [-0.4, -0.2) is 26.3 Å². The molecule has 4 nitrogen and oxygen atoms in total. The molecule has 0 saturated carbocycles. The van der Waals surface area contributed by atoms with Gasteiger partial charge in [-0.1, -0.05) is 6.07 Å². The fourth-order valence-corrected chi connectivity index (χ4v) is 1.68. The Labute approximate surface area is 114 Å². The van der Waals surface area contributed by atoms with Gasteiger partial charge >= 0.3 is 5.97 Å². The first kappa shape index (κ1) is 15.3. The zero-order chi connectivity index (χ0) is 14.1. The molecule has 0 aliphatic rings. The number of hydrogen-bond acceptors (Lipinski definition) is 4. The van der Waals surface area contributed by atoms with E-state index in [1.807, 2.05) is 32.0 Å². The van der Waals surface area contributed by atoms with E-state index >= 15 is 0 Å². The van der Waals surface area contributed by atoms with Crippen LogP contribution in [0.3, 0.4) is 0 Å². The van der Waals surface area contributed by atoms with Crippen molar-refractivity contribution in [1.29, 1.82) is 0 Å². The Bertz CT molecular complexity index is 401. The van der Waals surface area contributed by atoms with Crippen LogP contribution in [0.4, 0.5) is 0 Å². The van der Waals surface area contributed by atoms with Gasteiger partial charge in [-0.2, -0.15) is 0 Å². The van der Waals surface area contributed by atoms with E-state index in [9.17, 15) is 4.79 Å². The molecular weight excluding hydrogens is 244 g/mol. The van der Waals surface area contributed by atoms with Gasteiger partial charge in [-0.05, 0) is 38.3 Å². The third-order valence-electron chi connectivity index (χ3n) is 2.73. The summed E-state index contributed by atoms with van der Waals surface area (Å²) in [5.74, 6) is 1.47. The highest BCUT2D eigenvalue weighted by Crippen LogP contribution is 2.23. The summed E-state index contributed by atoms with van der Waals surface area (Å²) in [7, 11) is 1.64. The quantitative estimate of drug-likeness (QED) is 0.535.